The van der Waals surface area contributed by atoms with Gasteiger partial charge in [0.05, 0.1) is 29.2 Å². The third kappa shape index (κ3) is 2.89. The van der Waals surface area contributed by atoms with E-state index in [2.05, 4.69) is 18.8 Å². The smallest absolute Gasteiger partial charge is 0.243 e. The van der Waals surface area contributed by atoms with Crippen LogP contribution in [0.15, 0.2) is 35.5 Å². The second-order valence-corrected chi connectivity index (χ2v) is 8.25. The highest BCUT2D eigenvalue weighted by atomic mass is 32.2. The molecule has 0 saturated carbocycles. The van der Waals surface area contributed by atoms with Gasteiger partial charge in [-0.3, -0.25) is 4.79 Å². The van der Waals surface area contributed by atoms with E-state index in [1.807, 2.05) is 4.57 Å². The molecule has 0 spiro atoms. The summed E-state index contributed by atoms with van der Waals surface area (Å²) >= 11 is 0. The Hall–Kier alpha value is -1.99. The summed E-state index contributed by atoms with van der Waals surface area (Å²) in [6.07, 6.45) is 2.40. The van der Waals surface area contributed by atoms with Gasteiger partial charge in [0, 0.05) is 24.6 Å². The number of aromatic nitrogens is 2. The van der Waals surface area contributed by atoms with Crippen molar-refractivity contribution in [1.82, 2.24) is 13.9 Å². The molecule has 24 heavy (non-hydrogen) atoms. The Morgan fingerprint density at radius 1 is 1.21 bits per heavy atom. The first-order chi connectivity index (χ1) is 11.3. The molecule has 0 atom stereocenters. The van der Waals surface area contributed by atoms with Gasteiger partial charge in [0.25, 0.3) is 0 Å². The molecule has 0 N–H and O–H groups in total. The fourth-order valence-corrected chi connectivity index (χ4v) is 4.35. The molecule has 128 valence electrons. The van der Waals surface area contributed by atoms with Gasteiger partial charge >= 0.3 is 0 Å². The normalized spacial score (nSPS) is 15.5. The standard InChI is InChI=1S/C17H21N3O3S/c1-12(2)20-11-18-16-8-9-19(10-17(16)20)24(22,23)15-6-4-14(5-7-15)13(3)21/h4-7,11-12H,8-10H2,1-3H3. The second-order valence-electron chi connectivity index (χ2n) is 6.31. The van der Waals surface area contributed by atoms with Crippen molar-refractivity contribution in [1.29, 1.82) is 0 Å². The minimum Gasteiger partial charge on any atom is -0.331 e. The van der Waals surface area contributed by atoms with Crippen molar-refractivity contribution in [2.45, 2.75) is 44.7 Å². The summed E-state index contributed by atoms with van der Waals surface area (Å²) in [5.41, 5.74) is 2.44. The van der Waals surface area contributed by atoms with Gasteiger partial charge in [0.2, 0.25) is 10.0 Å². The van der Waals surface area contributed by atoms with Gasteiger partial charge in [0.15, 0.2) is 5.78 Å². The molecule has 3 rings (SSSR count). The summed E-state index contributed by atoms with van der Waals surface area (Å²) in [7, 11) is -3.59. The molecule has 6 nitrogen and oxygen atoms in total. The number of sulfonamides is 1. The first-order valence-corrected chi connectivity index (χ1v) is 9.40. The van der Waals surface area contributed by atoms with Crippen LogP contribution >= 0.6 is 0 Å². The average Bonchev–Trinajstić information content (AvgIpc) is 2.98. The molecule has 1 aliphatic rings. The van der Waals surface area contributed by atoms with Crippen LogP contribution in [0.5, 0.6) is 0 Å². The Bertz CT molecular complexity index is 867. The van der Waals surface area contributed by atoms with Gasteiger partial charge in [-0.05, 0) is 32.9 Å². The number of hydrogen-bond acceptors (Lipinski definition) is 4. The van der Waals surface area contributed by atoms with E-state index in [0.29, 0.717) is 25.1 Å². The zero-order valence-corrected chi connectivity index (χ0v) is 14.9. The third-order valence-corrected chi connectivity index (χ3v) is 6.22. The average molecular weight is 347 g/mol. The molecule has 1 aliphatic heterocycles. The largest absolute Gasteiger partial charge is 0.331 e. The number of carbonyl (C=O) groups excluding carboxylic acids is 1. The molecule has 0 fully saturated rings. The van der Waals surface area contributed by atoms with Crippen LogP contribution in [0.1, 0.15) is 48.6 Å². The highest BCUT2D eigenvalue weighted by molar-refractivity contribution is 7.89. The number of Topliss-reactive ketones (excluding diaryl/α,β-unsaturated/α-hetero) is 1. The minimum absolute atomic E-state index is 0.0811. The van der Waals surface area contributed by atoms with E-state index < -0.39 is 10.0 Å². The predicted octanol–water partition coefficient (Wildman–Crippen LogP) is 2.41. The van der Waals surface area contributed by atoms with Gasteiger partial charge in [-0.25, -0.2) is 13.4 Å². The molecule has 0 amide bonds. The van der Waals surface area contributed by atoms with Crippen LogP contribution in [0.3, 0.4) is 0 Å². The molecule has 7 heteroatoms. The van der Waals surface area contributed by atoms with Gasteiger partial charge in [-0.15, -0.1) is 0 Å². The van der Waals surface area contributed by atoms with E-state index in [1.165, 1.54) is 23.4 Å². The van der Waals surface area contributed by atoms with Gasteiger partial charge in [-0.1, -0.05) is 12.1 Å². The van der Waals surface area contributed by atoms with Crippen molar-refractivity contribution < 1.29 is 13.2 Å². The maximum absolute atomic E-state index is 12.9. The van der Waals surface area contributed by atoms with Gasteiger partial charge in [-0.2, -0.15) is 4.31 Å². The van der Waals surface area contributed by atoms with Crippen molar-refractivity contribution in [2.24, 2.45) is 0 Å². The molecular formula is C17H21N3O3S. The predicted molar refractivity (Wildman–Crippen MR) is 90.4 cm³/mol. The Morgan fingerprint density at radius 3 is 2.46 bits per heavy atom. The fraction of sp³-hybridized carbons (Fsp3) is 0.412. The third-order valence-electron chi connectivity index (χ3n) is 4.36. The summed E-state index contributed by atoms with van der Waals surface area (Å²) in [5, 5.41) is 0. The topological polar surface area (TPSA) is 72.3 Å². The number of benzene rings is 1. The zero-order chi connectivity index (χ0) is 17.5. The first-order valence-electron chi connectivity index (χ1n) is 7.96. The lowest BCUT2D eigenvalue weighted by atomic mass is 10.2. The molecular weight excluding hydrogens is 326 g/mol. The van der Waals surface area contributed by atoms with Gasteiger partial charge < -0.3 is 4.57 Å². The maximum Gasteiger partial charge on any atom is 0.243 e. The summed E-state index contributed by atoms with van der Waals surface area (Å²) in [6.45, 7) is 6.30. The van der Waals surface area contributed by atoms with E-state index in [4.69, 9.17) is 0 Å². The summed E-state index contributed by atoms with van der Waals surface area (Å²) in [5.74, 6) is -0.0811. The van der Waals surface area contributed by atoms with Gasteiger partial charge in [0.1, 0.15) is 0 Å². The Kier molecular flexibility index (Phi) is 4.31. The van der Waals surface area contributed by atoms with Crippen molar-refractivity contribution in [2.75, 3.05) is 6.54 Å². The number of nitrogens with zero attached hydrogens (tertiary/aromatic N) is 3. The Labute approximate surface area is 142 Å². The molecule has 0 bridgehead atoms. The zero-order valence-electron chi connectivity index (χ0n) is 14.1. The van der Waals surface area contributed by atoms with Crippen LogP contribution in [0.2, 0.25) is 0 Å². The lowest BCUT2D eigenvalue weighted by Crippen LogP contribution is -2.37. The summed E-state index contributed by atoms with van der Waals surface area (Å²) in [6, 6.07) is 6.35. The van der Waals surface area contributed by atoms with Crippen LogP contribution in [0.4, 0.5) is 0 Å². The maximum atomic E-state index is 12.9. The van der Waals surface area contributed by atoms with E-state index in [-0.39, 0.29) is 16.7 Å². The monoisotopic (exact) mass is 347 g/mol. The number of rotatable bonds is 4. The molecule has 0 unspecified atom stereocenters. The summed E-state index contributed by atoms with van der Waals surface area (Å²) < 4.78 is 29.3. The molecule has 0 radical (unpaired) electrons. The molecule has 0 saturated heterocycles. The molecule has 2 heterocycles. The van der Waals surface area contributed by atoms with E-state index in [9.17, 15) is 13.2 Å². The number of fused-ring (bicyclic) bond motifs is 1. The van der Waals surface area contributed by atoms with Crippen molar-refractivity contribution in [3.8, 4) is 0 Å². The highest BCUT2D eigenvalue weighted by Crippen LogP contribution is 2.26. The van der Waals surface area contributed by atoms with Crippen molar-refractivity contribution >= 4 is 15.8 Å². The number of ketones is 1. The number of imidazole rings is 1. The Balaban J connectivity index is 1.90. The molecule has 0 aliphatic carbocycles. The Morgan fingerprint density at radius 2 is 1.88 bits per heavy atom. The van der Waals surface area contributed by atoms with Crippen LogP contribution in [0, 0.1) is 0 Å². The van der Waals surface area contributed by atoms with Crippen molar-refractivity contribution in [3.05, 3.63) is 47.5 Å². The quantitative estimate of drug-likeness (QED) is 0.796. The lowest BCUT2D eigenvalue weighted by molar-refractivity contribution is 0.101. The lowest BCUT2D eigenvalue weighted by Gasteiger charge is -2.27. The first kappa shape index (κ1) is 16.9. The van der Waals surface area contributed by atoms with Crippen LogP contribution in [-0.4, -0.2) is 34.6 Å². The molecule has 1 aromatic heterocycles. The fourth-order valence-electron chi connectivity index (χ4n) is 2.94. The van der Waals surface area contributed by atoms with E-state index in [0.717, 1.165) is 11.4 Å². The second kappa shape index (κ2) is 6.14. The molecule has 1 aromatic carbocycles. The van der Waals surface area contributed by atoms with E-state index >= 15 is 0 Å². The summed E-state index contributed by atoms with van der Waals surface area (Å²) in [4.78, 5) is 16.0. The van der Waals surface area contributed by atoms with Crippen LogP contribution in [-0.2, 0) is 23.0 Å². The van der Waals surface area contributed by atoms with Crippen LogP contribution < -0.4 is 0 Å². The molecule has 2 aromatic rings. The van der Waals surface area contributed by atoms with E-state index in [1.54, 1.807) is 18.5 Å². The highest BCUT2D eigenvalue weighted by Gasteiger charge is 2.31. The minimum atomic E-state index is -3.59. The number of hydrogen-bond donors (Lipinski definition) is 0. The van der Waals surface area contributed by atoms with Crippen LogP contribution in [0.25, 0.3) is 0 Å². The SMILES string of the molecule is CC(=O)c1ccc(S(=O)(=O)N2CCc3ncn(C(C)C)c3C2)cc1. The number of carbonyl (C=O) groups is 1. The van der Waals surface area contributed by atoms with Crippen molar-refractivity contribution in [3.63, 3.8) is 0 Å².